The molecule has 0 saturated heterocycles. The highest BCUT2D eigenvalue weighted by atomic mass is 32.1. The predicted octanol–water partition coefficient (Wildman–Crippen LogP) is 2.08. The summed E-state index contributed by atoms with van der Waals surface area (Å²) in [5.74, 6) is 0. The fourth-order valence-electron chi connectivity index (χ4n) is 1.58. The van der Waals surface area contributed by atoms with Crippen molar-refractivity contribution < 1.29 is 4.74 Å². The highest BCUT2D eigenvalue weighted by Crippen LogP contribution is 2.19. The van der Waals surface area contributed by atoms with Gasteiger partial charge in [-0.05, 0) is 30.1 Å². The van der Waals surface area contributed by atoms with E-state index in [1.165, 1.54) is 11.3 Å². The van der Waals surface area contributed by atoms with Crippen molar-refractivity contribution in [3.05, 3.63) is 26.1 Å². The van der Waals surface area contributed by atoms with Crippen molar-refractivity contribution in [3.8, 4) is 0 Å². The van der Waals surface area contributed by atoms with E-state index in [-0.39, 0.29) is 5.56 Å². The Kier molecular flexibility index (Phi) is 3.22. The van der Waals surface area contributed by atoms with Crippen LogP contribution in [0.25, 0.3) is 10.2 Å². The average molecular weight is 256 g/mol. The Balaban J connectivity index is 2.69. The maximum Gasteiger partial charge on any atom is 0.263 e. The van der Waals surface area contributed by atoms with Crippen molar-refractivity contribution in [2.45, 2.75) is 13.5 Å². The van der Waals surface area contributed by atoms with E-state index in [9.17, 15) is 4.79 Å². The van der Waals surface area contributed by atoms with Crippen molar-refractivity contribution in [1.82, 2.24) is 9.55 Å². The van der Waals surface area contributed by atoms with Crippen molar-refractivity contribution in [3.63, 3.8) is 0 Å². The number of fused-ring (bicyclic) bond motifs is 1. The second kappa shape index (κ2) is 4.48. The number of thiophene rings is 1. The van der Waals surface area contributed by atoms with E-state index in [0.29, 0.717) is 17.9 Å². The molecule has 0 aliphatic carbocycles. The van der Waals surface area contributed by atoms with Gasteiger partial charge in [-0.3, -0.25) is 9.36 Å². The van der Waals surface area contributed by atoms with Crippen molar-refractivity contribution >= 4 is 33.8 Å². The summed E-state index contributed by atoms with van der Waals surface area (Å²) in [5.41, 5.74) is 0.956. The van der Waals surface area contributed by atoms with Gasteiger partial charge in [0.05, 0.1) is 18.5 Å². The van der Waals surface area contributed by atoms with E-state index in [1.807, 2.05) is 12.3 Å². The highest BCUT2D eigenvalue weighted by Gasteiger charge is 2.09. The molecular weight excluding hydrogens is 244 g/mol. The topological polar surface area (TPSA) is 47.0 Å². The second-order valence-corrected chi connectivity index (χ2v) is 4.77. The van der Waals surface area contributed by atoms with Crippen LogP contribution in [0.15, 0.2) is 10.2 Å². The van der Waals surface area contributed by atoms with Crippen LogP contribution in [-0.4, -0.2) is 23.3 Å². The first-order valence-corrected chi connectivity index (χ1v) is 6.14. The minimum Gasteiger partial charge on any atom is -0.383 e. The number of aromatic amines is 1. The Hall–Kier alpha value is -0.980. The van der Waals surface area contributed by atoms with Crippen LogP contribution < -0.4 is 5.56 Å². The number of aromatic nitrogens is 2. The average Bonchev–Trinajstić information content (AvgIpc) is 2.60. The summed E-state index contributed by atoms with van der Waals surface area (Å²) >= 11 is 6.66. The monoisotopic (exact) mass is 256 g/mol. The van der Waals surface area contributed by atoms with Crippen LogP contribution in [0.1, 0.15) is 5.56 Å². The summed E-state index contributed by atoms with van der Waals surface area (Å²) in [6.45, 7) is 2.89. The van der Waals surface area contributed by atoms with Crippen molar-refractivity contribution in [2.75, 3.05) is 13.7 Å². The summed E-state index contributed by atoms with van der Waals surface area (Å²) in [7, 11) is 1.60. The molecule has 4 nitrogen and oxygen atoms in total. The summed E-state index contributed by atoms with van der Waals surface area (Å²) in [4.78, 5) is 16.1. The SMILES string of the molecule is COCCn1c(=S)[nH]c2scc(C)c2c1=O. The van der Waals surface area contributed by atoms with Crippen LogP contribution >= 0.6 is 23.6 Å². The Morgan fingerprint density at radius 1 is 1.62 bits per heavy atom. The Bertz CT molecular complexity index is 624. The normalized spacial score (nSPS) is 11.1. The molecule has 86 valence electrons. The second-order valence-electron chi connectivity index (χ2n) is 3.50. The third-order valence-electron chi connectivity index (χ3n) is 2.42. The number of nitrogens with one attached hydrogen (secondary N) is 1. The first-order chi connectivity index (χ1) is 7.65. The molecule has 2 rings (SSSR count). The highest BCUT2D eigenvalue weighted by molar-refractivity contribution is 7.71. The van der Waals surface area contributed by atoms with Gasteiger partial charge in [-0.2, -0.15) is 0 Å². The number of hydrogen-bond donors (Lipinski definition) is 1. The van der Waals surface area contributed by atoms with Gasteiger partial charge >= 0.3 is 0 Å². The molecule has 0 saturated carbocycles. The van der Waals surface area contributed by atoms with Gasteiger partial charge in [-0.15, -0.1) is 11.3 Å². The van der Waals surface area contributed by atoms with Gasteiger partial charge in [-0.25, -0.2) is 0 Å². The van der Waals surface area contributed by atoms with E-state index in [4.69, 9.17) is 17.0 Å². The van der Waals surface area contributed by atoms with Crippen LogP contribution in [0.5, 0.6) is 0 Å². The van der Waals surface area contributed by atoms with Crippen molar-refractivity contribution in [1.29, 1.82) is 0 Å². The number of H-pyrrole nitrogens is 1. The third kappa shape index (κ3) is 1.83. The predicted molar refractivity (Wildman–Crippen MR) is 67.9 cm³/mol. The number of rotatable bonds is 3. The fourth-order valence-corrected chi connectivity index (χ4v) is 2.85. The van der Waals surface area contributed by atoms with Crippen LogP contribution in [0, 0.1) is 11.7 Å². The smallest absolute Gasteiger partial charge is 0.263 e. The lowest BCUT2D eigenvalue weighted by Crippen LogP contribution is -2.23. The zero-order valence-electron chi connectivity index (χ0n) is 9.07. The molecule has 0 radical (unpaired) electrons. The summed E-state index contributed by atoms with van der Waals surface area (Å²) in [6.07, 6.45) is 0. The molecule has 0 aliphatic heterocycles. The zero-order valence-corrected chi connectivity index (χ0v) is 10.7. The van der Waals surface area contributed by atoms with Gasteiger partial charge in [0.2, 0.25) is 0 Å². The Labute approximate surface area is 101 Å². The van der Waals surface area contributed by atoms with Crippen LogP contribution in [0.4, 0.5) is 0 Å². The molecule has 0 fully saturated rings. The lowest BCUT2D eigenvalue weighted by Gasteiger charge is -2.05. The lowest BCUT2D eigenvalue weighted by molar-refractivity contribution is 0.185. The number of ether oxygens (including phenoxy) is 1. The molecule has 2 aromatic rings. The summed E-state index contributed by atoms with van der Waals surface area (Å²) in [6, 6.07) is 0. The minimum absolute atomic E-state index is 0.0328. The molecule has 0 aromatic carbocycles. The molecule has 16 heavy (non-hydrogen) atoms. The molecule has 0 amide bonds. The van der Waals surface area contributed by atoms with Gasteiger partial charge in [0.1, 0.15) is 4.83 Å². The molecule has 6 heteroatoms. The molecule has 2 heterocycles. The molecular formula is C10H12N2O2S2. The van der Waals surface area contributed by atoms with Gasteiger partial charge in [0, 0.05) is 7.11 Å². The maximum absolute atomic E-state index is 12.2. The number of aryl methyl sites for hydroxylation is 1. The molecule has 0 bridgehead atoms. The minimum atomic E-state index is -0.0328. The Morgan fingerprint density at radius 3 is 3.06 bits per heavy atom. The molecule has 2 aromatic heterocycles. The number of methoxy groups -OCH3 is 1. The lowest BCUT2D eigenvalue weighted by atomic mass is 10.3. The number of hydrogen-bond acceptors (Lipinski definition) is 4. The number of nitrogens with zero attached hydrogens (tertiary/aromatic N) is 1. The summed E-state index contributed by atoms with van der Waals surface area (Å²) in [5, 5.41) is 2.69. The molecule has 0 spiro atoms. The molecule has 0 aliphatic rings. The first-order valence-electron chi connectivity index (χ1n) is 4.85. The third-order valence-corrected chi connectivity index (χ3v) is 3.75. The van der Waals surface area contributed by atoms with E-state index >= 15 is 0 Å². The Morgan fingerprint density at radius 2 is 2.38 bits per heavy atom. The van der Waals surface area contributed by atoms with Gasteiger partial charge in [0.15, 0.2) is 4.77 Å². The summed E-state index contributed by atoms with van der Waals surface area (Å²) < 4.78 is 6.96. The van der Waals surface area contributed by atoms with E-state index in [2.05, 4.69) is 4.98 Å². The van der Waals surface area contributed by atoms with Crippen LogP contribution in [-0.2, 0) is 11.3 Å². The van der Waals surface area contributed by atoms with Crippen LogP contribution in [0.2, 0.25) is 0 Å². The van der Waals surface area contributed by atoms with E-state index < -0.39 is 0 Å². The van der Waals surface area contributed by atoms with Gasteiger partial charge in [0.25, 0.3) is 5.56 Å². The first kappa shape index (κ1) is 11.5. The fraction of sp³-hybridized carbons (Fsp3) is 0.400. The molecule has 0 atom stereocenters. The zero-order chi connectivity index (χ0) is 11.7. The van der Waals surface area contributed by atoms with Crippen molar-refractivity contribution in [2.24, 2.45) is 0 Å². The van der Waals surface area contributed by atoms with Gasteiger partial charge < -0.3 is 9.72 Å². The molecule has 0 unspecified atom stereocenters. The molecule has 1 N–H and O–H groups in total. The quantitative estimate of drug-likeness (QED) is 0.855. The van der Waals surface area contributed by atoms with Gasteiger partial charge in [-0.1, -0.05) is 0 Å². The standard InChI is InChI=1S/C10H12N2O2S2/c1-6-5-16-8-7(6)9(13)12(3-4-14-2)10(15)11-8/h5H,3-4H2,1-2H3,(H,11,15). The largest absolute Gasteiger partial charge is 0.383 e. The maximum atomic E-state index is 12.2. The van der Waals surface area contributed by atoms with E-state index in [0.717, 1.165) is 15.8 Å². The van der Waals surface area contributed by atoms with Crippen LogP contribution in [0.3, 0.4) is 0 Å². The van der Waals surface area contributed by atoms with E-state index in [1.54, 1.807) is 11.7 Å².